The summed E-state index contributed by atoms with van der Waals surface area (Å²) in [5, 5.41) is 0. The molecule has 0 unspecified atom stereocenters. The molecule has 0 spiro atoms. The first-order valence-corrected chi connectivity index (χ1v) is 8.50. The second kappa shape index (κ2) is 4.95. The van der Waals surface area contributed by atoms with Crippen LogP contribution in [0, 0.1) is 11.5 Å². The van der Waals surface area contributed by atoms with Crippen LogP contribution >= 0.6 is 0 Å². The molecule has 0 saturated carbocycles. The van der Waals surface area contributed by atoms with Crippen LogP contribution in [0.5, 0.6) is 0 Å². The maximum absolute atomic E-state index is 11.1. The smallest absolute Gasteiger partial charge is 0.356 e. The lowest BCUT2D eigenvalue weighted by molar-refractivity contribution is 0.0594. The summed E-state index contributed by atoms with van der Waals surface area (Å²) in [5.41, 5.74) is 4.37. The number of carbonyl (C=O) groups excluding carboxylic acids is 1. The van der Waals surface area contributed by atoms with Crippen molar-refractivity contribution in [2.45, 2.75) is 19.6 Å². The van der Waals surface area contributed by atoms with E-state index in [2.05, 4.69) is 40.8 Å². The van der Waals surface area contributed by atoms with Crippen molar-refractivity contribution in [3.63, 3.8) is 0 Å². The van der Waals surface area contributed by atoms with Gasteiger partial charge in [-0.15, -0.1) is 5.92 Å². The molecule has 0 bridgehead atoms. The molecular weight excluding hydrogens is 218 g/mol. The van der Waals surface area contributed by atoms with Gasteiger partial charge in [0, 0.05) is 11.8 Å². The van der Waals surface area contributed by atoms with Crippen molar-refractivity contribution in [1.82, 2.24) is 4.98 Å². The lowest BCUT2D eigenvalue weighted by Crippen LogP contribution is -2.16. The number of hydrogen-bond acceptors (Lipinski definition) is 3. The van der Waals surface area contributed by atoms with E-state index in [1.165, 1.54) is 7.11 Å². The van der Waals surface area contributed by atoms with E-state index >= 15 is 0 Å². The number of nitrogens with zero attached hydrogens (tertiary/aromatic N) is 1. The average molecular weight is 233 g/mol. The molecule has 0 N–H and O–H groups in total. The molecule has 0 aliphatic heterocycles. The van der Waals surface area contributed by atoms with Crippen LogP contribution < -0.4 is 0 Å². The first-order valence-electron chi connectivity index (χ1n) is 5.00. The topological polar surface area (TPSA) is 39.2 Å². The van der Waals surface area contributed by atoms with Crippen LogP contribution in [0.4, 0.5) is 0 Å². The fourth-order valence-corrected chi connectivity index (χ4v) is 1.47. The van der Waals surface area contributed by atoms with Crippen LogP contribution in [0.3, 0.4) is 0 Å². The molecule has 0 aromatic carbocycles. The van der Waals surface area contributed by atoms with Crippen molar-refractivity contribution in [3.8, 4) is 11.5 Å². The van der Waals surface area contributed by atoms with Gasteiger partial charge in [-0.05, 0) is 12.1 Å². The van der Waals surface area contributed by atoms with Gasteiger partial charge >= 0.3 is 5.97 Å². The van der Waals surface area contributed by atoms with Gasteiger partial charge in [0.25, 0.3) is 0 Å². The number of hydrogen-bond donors (Lipinski definition) is 0. The van der Waals surface area contributed by atoms with Crippen molar-refractivity contribution in [2.75, 3.05) is 7.11 Å². The molecule has 4 heteroatoms. The van der Waals surface area contributed by atoms with Gasteiger partial charge in [0.2, 0.25) is 0 Å². The van der Waals surface area contributed by atoms with Crippen molar-refractivity contribution in [1.29, 1.82) is 0 Å². The van der Waals surface area contributed by atoms with Crippen LogP contribution in [-0.2, 0) is 4.74 Å². The van der Waals surface area contributed by atoms with Gasteiger partial charge < -0.3 is 4.74 Å². The van der Waals surface area contributed by atoms with Gasteiger partial charge in [-0.3, -0.25) is 5.54 Å². The highest BCUT2D eigenvalue weighted by molar-refractivity contribution is 6.83. The van der Waals surface area contributed by atoms with Crippen LogP contribution in [0.15, 0.2) is 18.3 Å². The summed E-state index contributed by atoms with van der Waals surface area (Å²) in [7, 11) is -0.0266. The number of rotatable bonds is 1. The van der Waals surface area contributed by atoms with Crippen LogP contribution in [-0.4, -0.2) is 26.1 Å². The second-order valence-electron chi connectivity index (χ2n) is 4.42. The molecule has 0 amide bonds. The lowest BCUT2D eigenvalue weighted by Gasteiger charge is -2.17. The zero-order valence-corrected chi connectivity index (χ0v) is 11.0. The van der Waals surface area contributed by atoms with Gasteiger partial charge in [0.05, 0.1) is 7.11 Å². The number of ether oxygens (including phenoxy) is 1. The summed E-state index contributed by atoms with van der Waals surface area (Å²) in [6, 6.07) is 3.41. The summed E-state index contributed by atoms with van der Waals surface area (Å²) >= 11 is 0. The lowest BCUT2D eigenvalue weighted by atomic mass is 10.2. The van der Waals surface area contributed by atoms with E-state index in [0.29, 0.717) is 5.69 Å². The largest absolute Gasteiger partial charge is 0.464 e. The van der Waals surface area contributed by atoms with Gasteiger partial charge in [-0.2, -0.15) is 19.6 Å². The third-order valence-electron chi connectivity index (χ3n) is 1.74. The zero-order chi connectivity index (χ0) is 12.2. The fourth-order valence-electron chi connectivity index (χ4n) is 0.953. The number of aromatic nitrogens is 1. The standard InChI is InChI=1S/C12H15NO2Si/c1-15-12(14)11-6-5-10(9-13-11)7-8-16(2,3)4/h5-6,9H,1-4H3/q-1. The van der Waals surface area contributed by atoms with Gasteiger partial charge in [-0.1, -0.05) is 8.07 Å². The van der Waals surface area contributed by atoms with E-state index in [0.717, 1.165) is 5.56 Å². The van der Waals surface area contributed by atoms with Crippen molar-refractivity contribution < 1.29 is 9.53 Å². The Morgan fingerprint density at radius 3 is 2.50 bits per heavy atom. The van der Waals surface area contributed by atoms with E-state index < -0.39 is 14.0 Å². The third-order valence-corrected chi connectivity index (χ3v) is 2.61. The predicted molar refractivity (Wildman–Crippen MR) is 65.8 cm³/mol. The molecule has 0 atom stereocenters. The van der Waals surface area contributed by atoms with Crippen molar-refractivity contribution in [2.24, 2.45) is 0 Å². The van der Waals surface area contributed by atoms with Crippen molar-refractivity contribution in [3.05, 3.63) is 29.6 Å². The molecule has 1 rings (SSSR count). The Morgan fingerprint density at radius 1 is 1.38 bits per heavy atom. The Kier molecular flexibility index (Phi) is 3.86. The molecule has 85 valence electrons. The molecule has 3 nitrogen and oxygen atoms in total. The number of pyridine rings is 1. The van der Waals surface area contributed by atoms with E-state index in [1.54, 1.807) is 18.3 Å². The third kappa shape index (κ3) is 3.87. The van der Waals surface area contributed by atoms with Crippen LogP contribution in [0.1, 0.15) is 16.1 Å². The number of carbonyl (C=O) groups is 1. The Labute approximate surface area is 96.9 Å². The molecule has 1 aromatic rings. The Morgan fingerprint density at radius 2 is 2.06 bits per heavy atom. The molecule has 0 aliphatic carbocycles. The SMILES string of the molecule is COC(=O)c1ccc(C#C[Si-](C)(C)C)cn1. The molecule has 1 aromatic heterocycles. The monoisotopic (exact) mass is 233 g/mol. The summed E-state index contributed by atoms with van der Waals surface area (Å²) in [6.45, 7) is 6.53. The zero-order valence-electron chi connectivity index (χ0n) is 10.00. The Bertz CT molecular complexity index is 435. The number of methoxy groups -OCH3 is 1. The van der Waals surface area contributed by atoms with Crippen LogP contribution in [0.25, 0.3) is 0 Å². The van der Waals surface area contributed by atoms with Gasteiger partial charge in [0.1, 0.15) is 5.69 Å². The van der Waals surface area contributed by atoms with Crippen molar-refractivity contribution >= 4 is 14.0 Å². The fraction of sp³-hybridized carbons (Fsp3) is 0.333. The summed E-state index contributed by atoms with van der Waals surface area (Å²) in [4.78, 5) is 15.1. The highest BCUT2D eigenvalue weighted by Gasteiger charge is 2.05. The first kappa shape index (κ1) is 12.5. The summed E-state index contributed by atoms with van der Waals surface area (Å²) in [5.74, 6) is 2.64. The second-order valence-corrected chi connectivity index (χ2v) is 9.17. The minimum atomic E-state index is -1.36. The Hall–Kier alpha value is -1.60. The highest BCUT2D eigenvalue weighted by atomic mass is 28.3. The molecule has 1 heterocycles. The van der Waals surface area contributed by atoms with E-state index in [1.807, 2.05) is 0 Å². The van der Waals surface area contributed by atoms with E-state index in [9.17, 15) is 4.79 Å². The maximum atomic E-state index is 11.1. The maximum Gasteiger partial charge on any atom is 0.356 e. The minimum Gasteiger partial charge on any atom is -0.464 e. The predicted octanol–water partition coefficient (Wildman–Crippen LogP) is 2.10. The molecule has 0 saturated heterocycles. The average Bonchev–Trinajstić information content (AvgIpc) is 2.25. The summed E-state index contributed by atoms with van der Waals surface area (Å²) in [6.07, 6.45) is 1.60. The van der Waals surface area contributed by atoms with E-state index in [-0.39, 0.29) is 0 Å². The van der Waals surface area contributed by atoms with Gasteiger partial charge in [-0.25, -0.2) is 9.78 Å². The van der Waals surface area contributed by atoms with Gasteiger partial charge in [0.15, 0.2) is 0 Å². The molecular formula is C12H15NO2Si-. The Balaban J connectivity index is 2.87. The molecule has 0 fully saturated rings. The summed E-state index contributed by atoms with van der Waals surface area (Å²) < 4.78 is 4.56. The normalized spacial score (nSPS) is 10.2. The molecule has 0 aliphatic rings. The highest BCUT2D eigenvalue weighted by Crippen LogP contribution is 2.02. The van der Waals surface area contributed by atoms with E-state index in [4.69, 9.17) is 0 Å². The molecule has 16 heavy (non-hydrogen) atoms. The number of esters is 1. The molecule has 0 radical (unpaired) electrons. The van der Waals surface area contributed by atoms with Crippen LogP contribution in [0.2, 0.25) is 19.6 Å². The first-order chi connectivity index (χ1) is 7.42. The quantitative estimate of drug-likeness (QED) is 0.423. The minimum absolute atomic E-state index is 0.307.